The van der Waals surface area contributed by atoms with Crippen molar-refractivity contribution in [2.45, 2.75) is 149 Å². The molecule has 5 aliphatic carbocycles. The van der Waals surface area contributed by atoms with E-state index in [4.69, 9.17) is 18.9 Å². The van der Waals surface area contributed by atoms with Gasteiger partial charge in [-0.3, -0.25) is 9.59 Å². The van der Waals surface area contributed by atoms with Crippen molar-refractivity contribution < 1.29 is 43.9 Å². The molecule has 5 saturated carbocycles. The summed E-state index contributed by atoms with van der Waals surface area (Å²) in [6.07, 6.45) is 5.37. The highest BCUT2D eigenvalue weighted by atomic mass is 16.7. The predicted molar refractivity (Wildman–Crippen MR) is 166 cm³/mol. The van der Waals surface area contributed by atoms with E-state index in [0.717, 1.165) is 38.5 Å². The topological polar surface area (TPSA) is 132 Å². The number of carbonyl (C=O) groups is 2. The lowest BCUT2D eigenvalue weighted by molar-refractivity contribution is -0.226. The van der Waals surface area contributed by atoms with Crippen LogP contribution in [0.1, 0.15) is 107 Å². The average molecular weight is 635 g/mol. The highest BCUT2D eigenvalue weighted by molar-refractivity contribution is 5.66. The van der Waals surface area contributed by atoms with E-state index in [2.05, 4.69) is 34.6 Å². The number of aliphatic hydroxyl groups is 3. The molecule has 1 aliphatic heterocycles. The first-order chi connectivity index (χ1) is 20.9. The van der Waals surface area contributed by atoms with Crippen molar-refractivity contribution in [3.05, 3.63) is 0 Å². The Morgan fingerprint density at radius 2 is 1.73 bits per heavy atom. The molecule has 0 radical (unpaired) electrons. The number of fused-ring (bicyclic) bond motifs is 4. The number of rotatable bonds is 9. The molecule has 0 bridgehead atoms. The summed E-state index contributed by atoms with van der Waals surface area (Å²) in [5, 5.41) is 32.6. The van der Waals surface area contributed by atoms with Gasteiger partial charge in [-0.05, 0) is 111 Å². The number of hydrogen-bond acceptors (Lipinski definition) is 9. The van der Waals surface area contributed by atoms with Crippen LogP contribution in [0.3, 0.4) is 0 Å². The average Bonchev–Trinajstić information content (AvgIpc) is 3.59. The molecule has 9 nitrogen and oxygen atoms in total. The number of esters is 1. The Hall–Kier alpha value is -1.10. The van der Waals surface area contributed by atoms with Gasteiger partial charge in [0.25, 0.3) is 0 Å². The monoisotopic (exact) mass is 634 g/mol. The summed E-state index contributed by atoms with van der Waals surface area (Å²) in [5.74, 6) is 0.796. The third-order valence-corrected chi connectivity index (χ3v) is 14.9. The van der Waals surface area contributed by atoms with Crippen LogP contribution in [0, 0.1) is 50.7 Å². The lowest BCUT2D eigenvalue weighted by Gasteiger charge is -2.63. The van der Waals surface area contributed by atoms with Crippen molar-refractivity contribution in [2.24, 2.45) is 50.7 Å². The number of hydrogen-bond donors (Lipinski definition) is 3. The summed E-state index contributed by atoms with van der Waals surface area (Å²) in [6, 6.07) is 0. The van der Waals surface area contributed by atoms with Crippen molar-refractivity contribution in [1.29, 1.82) is 0 Å². The molecule has 0 aromatic rings. The highest BCUT2D eigenvalue weighted by Gasteiger charge is 2.84. The maximum atomic E-state index is 12.5. The molecule has 0 aromatic carbocycles. The second-order valence-electron chi connectivity index (χ2n) is 17.5. The molecule has 14 atom stereocenters. The van der Waals surface area contributed by atoms with E-state index in [9.17, 15) is 24.9 Å². The molecule has 1 saturated heterocycles. The Kier molecular flexibility index (Phi) is 8.23. The fourth-order valence-electron chi connectivity index (χ4n) is 13.0. The summed E-state index contributed by atoms with van der Waals surface area (Å²) in [4.78, 5) is 23.8. The van der Waals surface area contributed by atoms with Crippen molar-refractivity contribution >= 4 is 12.3 Å². The zero-order chi connectivity index (χ0) is 33.0. The fourth-order valence-corrected chi connectivity index (χ4v) is 13.0. The van der Waals surface area contributed by atoms with Gasteiger partial charge in [-0.15, -0.1) is 0 Å². The van der Waals surface area contributed by atoms with Gasteiger partial charge < -0.3 is 34.3 Å². The molecule has 2 spiro atoms. The molecule has 6 aliphatic rings. The van der Waals surface area contributed by atoms with Crippen LogP contribution in [0.25, 0.3) is 0 Å². The summed E-state index contributed by atoms with van der Waals surface area (Å²) in [5.41, 5.74) is -1.47. The summed E-state index contributed by atoms with van der Waals surface area (Å²) in [7, 11) is 0. The van der Waals surface area contributed by atoms with Crippen LogP contribution in [-0.2, 0) is 28.5 Å². The zero-order valence-corrected chi connectivity index (χ0v) is 28.7. The van der Waals surface area contributed by atoms with Crippen molar-refractivity contribution in [3.8, 4) is 0 Å². The van der Waals surface area contributed by atoms with Crippen LogP contribution in [0.2, 0.25) is 0 Å². The second-order valence-corrected chi connectivity index (χ2v) is 17.5. The third-order valence-electron chi connectivity index (χ3n) is 14.9. The Balaban J connectivity index is 1.27. The van der Waals surface area contributed by atoms with Crippen LogP contribution in [-0.4, -0.2) is 83.2 Å². The zero-order valence-electron chi connectivity index (χ0n) is 28.7. The minimum Gasteiger partial charge on any atom is -0.457 e. The smallest absolute Gasteiger partial charge is 0.303 e. The lowest BCUT2D eigenvalue weighted by atomic mass is 9.41. The van der Waals surface area contributed by atoms with Gasteiger partial charge in [-0.25, -0.2) is 0 Å². The van der Waals surface area contributed by atoms with E-state index < -0.39 is 36.2 Å². The minimum atomic E-state index is -1.28. The first kappa shape index (κ1) is 33.8. The summed E-state index contributed by atoms with van der Waals surface area (Å²) in [6.45, 7) is 16.2. The molecule has 0 aromatic heterocycles. The maximum Gasteiger partial charge on any atom is 0.303 e. The van der Waals surface area contributed by atoms with Crippen molar-refractivity contribution in [1.82, 2.24) is 0 Å². The lowest BCUT2D eigenvalue weighted by Crippen LogP contribution is -2.60. The van der Waals surface area contributed by atoms with Crippen LogP contribution in [0.4, 0.5) is 0 Å². The standard InChI is InChI=1S/C36H58O9/c1-20-17-22(30(32(5,6)41)43-21(2)39)44-28-27(20)33(7)13-14-36-19-35(36)12-11-25(45-26(18-38)42-16-15-37)31(3,4)23(35)9-10-24(36)34(33,8)29(28)40/h18,20,22-30,37,40-41H,9-17,19H2,1-8H3/t20-,22-,23+,24+,25+,26?,27?,28+,29+,30+,33-,34-,35-,36+/m1/s1. The Bertz CT molecular complexity index is 1170. The fraction of sp³-hybridized carbons (Fsp3) is 0.944. The van der Waals surface area contributed by atoms with Gasteiger partial charge in [-0.1, -0.05) is 34.6 Å². The molecule has 0 amide bonds. The Morgan fingerprint density at radius 1 is 1.07 bits per heavy atom. The molecule has 1 heterocycles. The van der Waals surface area contributed by atoms with Gasteiger partial charge in [-0.2, -0.15) is 0 Å². The first-order valence-electron chi connectivity index (χ1n) is 17.5. The second kappa shape index (κ2) is 11.0. The number of carbonyl (C=O) groups excluding carboxylic acids is 2. The summed E-state index contributed by atoms with van der Waals surface area (Å²) < 4.78 is 24.2. The normalized spacial score (nSPS) is 49.3. The predicted octanol–water partition coefficient (Wildman–Crippen LogP) is 4.42. The van der Waals surface area contributed by atoms with Crippen molar-refractivity contribution in [3.63, 3.8) is 0 Å². The molecule has 6 fully saturated rings. The van der Waals surface area contributed by atoms with E-state index in [1.165, 1.54) is 13.3 Å². The quantitative estimate of drug-likeness (QED) is 0.192. The minimum absolute atomic E-state index is 0.0711. The van der Waals surface area contributed by atoms with Crippen molar-refractivity contribution in [2.75, 3.05) is 13.2 Å². The van der Waals surface area contributed by atoms with Crippen LogP contribution < -0.4 is 0 Å². The molecular weight excluding hydrogens is 576 g/mol. The van der Waals surface area contributed by atoms with Crippen LogP contribution >= 0.6 is 0 Å². The first-order valence-corrected chi connectivity index (χ1v) is 17.5. The van der Waals surface area contributed by atoms with Gasteiger partial charge in [0.05, 0.1) is 43.2 Å². The Morgan fingerprint density at radius 3 is 2.36 bits per heavy atom. The molecule has 9 heteroatoms. The molecule has 2 unspecified atom stereocenters. The van der Waals surface area contributed by atoms with E-state index in [1.54, 1.807) is 13.8 Å². The van der Waals surface area contributed by atoms with Gasteiger partial charge in [0.1, 0.15) is 0 Å². The molecular formula is C36H58O9. The van der Waals surface area contributed by atoms with Crippen LogP contribution in [0.5, 0.6) is 0 Å². The number of ether oxygens (including phenoxy) is 4. The van der Waals surface area contributed by atoms with Gasteiger partial charge in [0, 0.05) is 12.3 Å². The van der Waals surface area contributed by atoms with E-state index >= 15 is 0 Å². The van der Waals surface area contributed by atoms with E-state index in [1.807, 2.05) is 0 Å². The molecule has 256 valence electrons. The number of aliphatic hydroxyl groups excluding tert-OH is 2. The molecule has 3 N–H and O–H groups in total. The SMILES string of the molecule is CC(=O)O[C@@H]([C@H]1C[C@@H](C)C2[C@H](O1)[C@H](O)[C@@]1(C)[C@@H]3CC[C@H]4C(C)(C)[C@@H](OC(C=O)OCCO)CC[C@@]45C[C@@]35CC[C@]21C)C(C)(C)O. The number of aldehydes is 1. The summed E-state index contributed by atoms with van der Waals surface area (Å²) >= 11 is 0. The third kappa shape index (κ3) is 4.60. The van der Waals surface area contributed by atoms with Gasteiger partial charge in [0.2, 0.25) is 6.29 Å². The Labute approximate surface area is 269 Å². The van der Waals surface area contributed by atoms with E-state index in [0.29, 0.717) is 24.5 Å². The van der Waals surface area contributed by atoms with E-state index in [-0.39, 0.29) is 64.3 Å². The molecule has 45 heavy (non-hydrogen) atoms. The van der Waals surface area contributed by atoms with Gasteiger partial charge in [0.15, 0.2) is 12.4 Å². The highest BCUT2D eigenvalue weighted by Crippen LogP contribution is 2.89. The van der Waals surface area contributed by atoms with Gasteiger partial charge >= 0.3 is 5.97 Å². The molecule has 6 rings (SSSR count). The maximum absolute atomic E-state index is 12.5. The largest absolute Gasteiger partial charge is 0.457 e. The van der Waals surface area contributed by atoms with Crippen LogP contribution in [0.15, 0.2) is 0 Å².